The van der Waals surface area contributed by atoms with E-state index in [1.54, 1.807) is 18.6 Å². The van der Waals surface area contributed by atoms with Gasteiger partial charge in [-0.05, 0) is 52.0 Å². The number of methoxy groups -OCH3 is 1. The summed E-state index contributed by atoms with van der Waals surface area (Å²) in [5.74, 6) is 1.57. The predicted octanol–water partition coefficient (Wildman–Crippen LogP) is 3.32. The van der Waals surface area contributed by atoms with Crippen molar-refractivity contribution in [2.45, 2.75) is 52.5 Å². The quantitative estimate of drug-likeness (QED) is 0.342. The van der Waals surface area contributed by atoms with Crippen LogP contribution in [0, 0.1) is 6.92 Å². The van der Waals surface area contributed by atoms with Crippen molar-refractivity contribution >= 4 is 11.9 Å². The van der Waals surface area contributed by atoms with Gasteiger partial charge in [0.05, 0.1) is 7.11 Å². The van der Waals surface area contributed by atoms with Crippen LogP contribution in [0.25, 0.3) is 0 Å². The lowest BCUT2D eigenvalue weighted by atomic mass is 9.97. The predicted molar refractivity (Wildman–Crippen MR) is 98.8 cm³/mol. The normalized spacial score (nSPS) is 14.8. The van der Waals surface area contributed by atoms with Crippen molar-refractivity contribution in [2.75, 3.05) is 20.2 Å². The molecule has 25 heavy (non-hydrogen) atoms. The zero-order valence-electron chi connectivity index (χ0n) is 15.5. The van der Waals surface area contributed by atoms with E-state index in [1.807, 2.05) is 6.92 Å². The Morgan fingerprint density at radius 2 is 2.20 bits per heavy atom. The minimum Gasteiger partial charge on any atom is -0.465 e. The van der Waals surface area contributed by atoms with Gasteiger partial charge in [0.2, 0.25) is 0 Å². The molecule has 6 nitrogen and oxygen atoms in total. The fourth-order valence-corrected chi connectivity index (χ4v) is 2.91. The summed E-state index contributed by atoms with van der Waals surface area (Å²) in [6.45, 7) is 5.81. The average Bonchev–Trinajstić information content (AvgIpc) is 3.00. The van der Waals surface area contributed by atoms with Gasteiger partial charge in [-0.2, -0.15) is 0 Å². The molecule has 1 aromatic heterocycles. The van der Waals surface area contributed by atoms with Crippen molar-refractivity contribution in [3.05, 3.63) is 34.8 Å². The summed E-state index contributed by atoms with van der Waals surface area (Å²) in [6.07, 6.45) is 8.48. The lowest BCUT2D eigenvalue weighted by Crippen LogP contribution is -2.37. The molecule has 0 bridgehead atoms. The van der Waals surface area contributed by atoms with E-state index in [-0.39, 0.29) is 5.97 Å². The van der Waals surface area contributed by atoms with Crippen LogP contribution in [0.5, 0.6) is 0 Å². The molecule has 0 unspecified atom stereocenters. The van der Waals surface area contributed by atoms with Crippen LogP contribution in [0.4, 0.5) is 0 Å². The van der Waals surface area contributed by atoms with E-state index in [4.69, 9.17) is 9.15 Å². The molecule has 0 aromatic carbocycles. The number of guanidine groups is 1. The van der Waals surface area contributed by atoms with Crippen LogP contribution in [-0.2, 0) is 11.3 Å². The maximum absolute atomic E-state index is 11.6. The number of hydrogen-bond acceptors (Lipinski definition) is 4. The molecule has 138 valence electrons. The maximum atomic E-state index is 11.6. The van der Waals surface area contributed by atoms with Gasteiger partial charge in [0.15, 0.2) is 5.96 Å². The molecule has 2 N–H and O–H groups in total. The van der Waals surface area contributed by atoms with E-state index >= 15 is 0 Å². The molecule has 1 aromatic rings. The van der Waals surface area contributed by atoms with Crippen molar-refractivity contribution < 1.29 is 13.9 Å². The highest BCUT2D eigenvalue weighted by Gasteiger charge is 2.15. The first kappa shape index (κ1) is 19.1. The third kappa shape index (κ3) is 5.96. The topological polar surface area (TPSA) is 75.9 Å². The molecule has 0 aliphatic heterocycles. The number of esters is 1. The van der Waals surface area contributed by atoms with Gasteiger partial charge in [-0.1, -0.05) is 11.6 Å². The molecule has 0 fully saturated rings. The number of allylic oxidation sites excluding steroid dienone is 1. The number of furan rings is 1. The van der Waals surface area contributed by atoms with E-state index in [9.17, 15) is 4.79 Å². The number of nitrogens with one attached hydrogen (secondary N) is 2. The van der Waals surface area contributed by atoms with Gasteiger partial charge < -0.3 is 19.8 Å². The van der Waals surface area contributed by atoms with Gasteiger partial charge in [-0.3, -0.25) is 0 Å². The Morgan fingerprint density at radius 1 is 1.36 bits per heavy atom. The first-order valence-corrected chi connectivity index (χ1v) is 9.01. The lowest BCUT2D eigenvalue weighted by Gasteiger charge is -2.15. The van der Waals surface area contributed by atoms with Crippen molar-refractivity contribution in [3.8, 4) is 0 Å². The van der Waals surface area contributed by atoms with Crippen LogP contribution < -0.4 is 10.6 Å². The van der Waals surface area contributed by atoms with Gasteiger partial charge >= 0.3 is 5.97 Å². The number of rotatable bonds is 7. The number of aryl methyl sites for hydroxylation is 1. The van der Waals surface area contributed by atoms with Crippen molar-refractivity contribution in [1.29, 1.82) is 0 Å². The first-order valence-electron chi connectivity index (χ1n) is 9.01. The Kier molecular flexibility index (Phi) is 7.57. The number of carbonyl (C=O) groups is 1. The minimum atomic E-state index is -0.387. The van der Waals surface area contributed by atoms with Crippen LogP contribution in [0.2, 0.25) is 0 Å². The average molecular weight is 347 g/mol. The van der Waals surface area contributed by atoms with Gasteiger partial charge in [0.1, 0.15) is 23.6 Å². The number of aliphatic imine (C=N–C) groups is 1. The number of hydrogen-bond donors (Lipinski definition) is 2. The Hall–Kier alpha value is -2.24. The second kappa shape index (κ2) is 9.91. The van der Waals surface area contributed by atoms with Crippen LogP contribution >= 0.6 is 0 Å². The smallest absolute Gasteiger partial charge is 0.341 e. The lowest BCUT2D eigenvalue weighted by molar-refractivity contribution is 0.0599. The highest BCUT2D eigenvalue weighted by Crippen LogP contribution is 2.19. The maximum Gasteiger partial charge on any atom is 0.341 e. The first-order chi connectivity index (χ1) is 12.1. The van der Waals surface area contributed by atoms with Crippen LogP contribution in [0.3, 0.4) is 0 Å². The number of carbonyl (C=O) groups excluding carboxylic acids is 1. The zero-order chi connectivity index (χ0) is 18.1. The fourth-order valence-electron chi connectivity index (χ4n) is 2.91. The highest BCUT2D eigenvalue weighted by atomic mass is 16.5. The summed E-state index contributed by atoms with van der Waals surface area (Å²) >= 11 is 0. The minimum absolute atomic E-state index is 0.371. The summed E-state index contributed by atoms with van der Waals surface area (Å²) in [6, 6.07) is 1.70. The number of nitrogens with zero attached hydrogens (tertiary/aromatic N) is 1. The Morgan fingerprint density at radius 3 is 2.88 bits per heavy atom. The van der Waals surface area contributed by atoms with Gasteiger partial charge in [-0.25, -0.2) is 9.79 Å². The Bertz CT molecular complexity index is 632. The molecule has 1 heterocycles. The van der Waals surface area contributed by atoms with Gasteiger partial charge in [0.25, 0.3) is 0 Å². The molecule has 2 rings (SSSR count). The molecule has 0 saturated heterocycles. The molecule has 0 spiro atoms. The summed E-state index contributed by atoms with van der Waals surface area (Å²) in [5.41, 5.74) is 1.99. The van der Waals surface area contributed by atoms with Crippen LogP contribution in [0.1, 0.15) is 60.9 Å². The molecule has 0 amide bonds. The molecule has 0 saturated carbocycles. The summed E-state index contributed by atoms with van der Waals surface area (Å²) < 4.78 is 10.3. The fraction of sp³-hybridized carbons (Fsp3) is 0.579. The molecule has 0 radical (unpaired) electrons. The molecular formula is C19H29N3O3. The molecule has 0 atom stereocenters. The van der Waals surface area contributed by atoms with Crippen molar-refractivity contribution in [1.82, 2.24) is 10.6 Å². The van der Waals surface area contributed by atoms with E-state index in [0.29, 0.717) is 23.6 Å². The third-order valence-electron chi connectivity index (χ3n) is 4.23. The summed E-state index contributed by atoms with van der Waals surface area (Å²) in [5, 5.41) is 6.59. The van der Waals surface area contributed by atoms with E-state index in [2.05, 4.69) is 21.7 Å². The van der Waals surface area contributed by atoms with E-state index in [0.717, 1.165) is 25.5 Å². The molecule has 1 aliphatic rings. The van der Waals surface area contributed by atoms with E-state index < -0.39 is 0 Å². The van der Waals surface area contributed by atoms with Crippen molar-refractivity contribution in [2.24, 2.45) is 4.99 Å². The van der Waals surface area contributed by atoms with Crippen LogP contribution in [0.15, 0.2) is 27.1 Å². The summed E-state index contributed by atoms with van der Waals surface area (Å²) in [7, 11) is 1.36. The zero-order valence-corrected chi connectivity index (χ0v) is 15.5. The monoisotopic (exact) mass is 347 g/mol. The van der Waals surface area contributed by atoms with Gasteiger partial charge in [0, 0.05) is 13.1 Å². The highest BCUT2D eigenvalue weighted by molar-refractivity contribution is 5.90. The molecular weight excluding hydrogens is 318 g/mol. The third-order valence-corrected chi connectivity index (χ3v) is 4.23. The van der Waals surface area contributed by atoms with Crippen LogP contribution in [-0.4, -0.2) is 32.1 Å². The number of ether oxygens (including phenoxy) is 1. The second-order valence-corrected chi connectivity index (χ2v) is 6.15. The Balaban J connectivity index is 1.90. The second-order valence-electron chi connectivity index (χ2n) is 6.15. The Labute approximate surface area is 149 Å². The van der Waals surface area contributed by atoms with E-state index in [1.165, 1.54) is 32.8 Å². The van der Waals surface area contributed by atoms with Crippen molar-refractivity contribution in [3.63, 3.8) is 0 Å². The van der Waals surface area contributed by atoms with Gasteiger partial charge in [-0.15, -0.1) is 0 Å². The SMILES string of the molecule is CCNC(=NCc1cc(C(=O)OC)c(C)o1)NCCC1=CCCCC1. The molecule has 1 aliphatic carbocycles. The standard InChI is InChI=1S/C19H29N3O3/c1-4-20-19(21-11-10-15-8-6-5-7-9-15)22-13-16-12-17(14(2)25-16)18(23)24-3/h8,12H,4-7,9-11,13H2,1-3H3,(H2,20,21,22). The largest absolute Gasteiger partial charge is 0.465 e. The molecule has 6 heteroatoms. The summed E-state index contributed by atoms with van der Waals surface area (Å²) in [4.78, 5) is 16.2.